The first kappa shape index (κ1) is 10.6. The maximum atomic E-state index is 12.8. The lowest BCUT2D eigenvalue weighted by atomic mass is 10.00. The highest BCUT2D eigenvalue weighted by Gasteiger charge is 2.27. The van der Waals surface area contributed by atoms with Gasteiger partial charge in [-0.25, -0.2) is 8.78 Å². The van der Waals surface area contributed by atoms with Crippen LogP contribution in [0.4, 0.5) is 8.78 Å². The van der Waals surface area contributed by atoms with Crippen LogP contribution in [0.2, 0.25) is 0 Å². The number of halogens is 2. The monoisotopic (exact) mass is 211 g/mol. The van der Waals surface area contributed by atoms with Crippen molar-refractivity contribution < 1.29 is 8.78 Å². The molecule has 0 unspecified atom stereocenters. The van der Waals surface area contributed by atoms with Gasteiger partial charge in [0.2, 0.25) is 0 Å². The third-order valence-electron chi connectivity index (χ3n) is 2.71. The highest BCUT2D eigenvalue weighted by Crippen LogP contribution is 2.21. The van der Waals surface area contributed by atoms with Crippen molar-refractivity contribution in [2.75, 3.05) is 13.1 Å². The molecule has 0 radical (unpaired) electrons. The average molecular weight is 211 g/mol. The van der Waals surface area contributed by atoms with E-state index >= 15 is 0 Å². The molecule has 2 rings (SSSR count). The fraction of sp³-hybridized carbons (Fsp3) is 0.500. The van der Waals surface area contributed by atoms with Crippen LogP contribution in [0.25, 0.3) is 0 Å². The molecular weight excluding hydrogens is 196 g/mol. The lowest BCUT2D eigenvalue weighted by Crippen LogP contribution is -2.38. The van der Waals surface area contributed by atoms with Gasteiger partial charge in [0.15, 0.2) is 0 Å². The molecule has 0 N–H and O–H groups in total. The van der Waals surface area contributed by atoms with Crippen LogP contribution in [0.3, 0.4) is 0 Å². The molecule has 0 saturated heterocycles. The Bertz CT molecular complexity index is 344. The first-order chi connectivity index (χ1) is 7.04. The van der Waals surface area contributed by atoms with Crippen LogP contribution in [0, 0.1) is 0 Å². The quantitative estimate of drug-likeness (QED) is 0.727. The third-order valence-corrected chi connectivity index (χ3v) is 2.71. The topological polar surface area (TPSA) is 3.24 Å². The number of hydrogen-bond acceptors (Lipinski definition) is 1. The molecule has 1 aliphatic heterocycles. The zero-order valence-electron chi connectivity index (χ0n) is 8.84. The van der Waals surface area contributed by atoms with Crippen LogP contribution in [-0.4, -0.2) is 23.9 Å². The first-order valence-corrected chi connectivity index (χ1v) is 5.21. The number of rotatable bonds is 2. The molecule has 3 heteroatoms. The van der Waals surface area contributed by atoms with E-state index in [1.54, 1.807) is 0 Å². The smallest absolute Gasteiger partial charge is 0.257 e. The van der Waals surface area contributed by atoms with Crippen LogP contribution in [0.15, 0.2) is 24.3 Å². The molecule has 0 spiro atoms. The molecule has 0 atom stereocenters. The van der Waals surface area contributed by atoms with Crippen molar-refractivity contribution in [2.24, 2.45) is 0 Å². The number of benzene rings is 1. The molecule has 1 aromatic rings. The maximum absolute atomic E-state index is 12.8. The van der Waals surface area contributed by atoms with Gasteiger partial charge in [-0.1, -0.05) is 24.3 Å². The van der Waals surface area contributed by atoms with Gasteiger partial charge in [0.05, 0.1) is 6.54 Å². The van der Waals surface area contributed by atoms with Gasteiger partial charge in [-0.2, -0.15) is 0 Å². The second-order valence-corrected chi connectivity index (χ2v) is 4.30. The predicted molar refractivity (Wildman–Crippen MR) is 56.0 cm³/mol. The van der Waals surface area contributed by atoms with E-state index < -0.39 is 5.92 Å². The van der Waals surface area contributed by atoms with Gasteiger partial charge >= 0.3 is 0 Å². The molecule has 1 aliphatic rings. The molecule has 82 valence electrons. The summed E-state index contributed by atoms with van der Waals surface area (Å²) in [4.78, 5) is 1.82. The minimum absolute atomic E-state index is 0.138. The Morgan fingerprint density at radius 1 is 1.27 bits per heavy atom. The second kappa shape index (κ2) is 3.89. The summed E-state index contributed by atoms with van der Waals surface area (Å²) in [6.45, 7) is 2.23. The molecule has 0 aromatic heterocycles. The summed E-state index contributed by atoms with van der Waals surface area (Å²) in [5.74, 6) is -2.59. The molecule has 1 heterocycles. The summed E-state index contributed by atoms with van der Waals surface area (Å²) in [5, 5.41) is 0. The molecular formula is C12H15F2N. The number of nitrogens with zero attached hydrogens (tertiary/aromatic N) is 1. The first-order valence-electron chi connectivity index (χ1n) is 5.21. The van der Waals surface area contributed by atoms with Crippen LogP contribution in [0.1, 0.15) is 18.1 Å². The third kappa shape index (κ3) is 2.75. The Morgan fingerprint density at radius 2 is 1.93 bits per heavy atom. The largest absolute Gasteiger partial charge is 0.293 e. The molecule has 0 bridgehead atoms. The van der Waals surface area contributed by atoms with Crippen molar-refractivity contribution in [3.8, 4) is 0 Å². The van der Waals surface area contributed by atoms with Gasteiger partial charge in [-0.15, -0.1) is 0 Å². The molecule has 1 aromatic carbocycles. The van der Waals surface area contributed by atoms with Gasteiger partial charge in [-0.05, 0) is 17.5 Å². The normalized spacial score (nSPS) is 17.5. The zero-order chi connectivity index (χ0) is 10.9. The molecule has 0 saturated carbocycles. The van der Waals surface area contributed by atoms with Crippen LogP contribution in [-0.2, 0) is 13.0 Å². The van der Waals surface area contributed by atoms with Gasteiger partial charge in [-0.3, -0.25) is 4.90 Å². The van der Waals surface area contributed by atoms with E-state index in [-0.39, 0.29) is 6.54 Å². The molecule has 0 fully saturated rings. The van der Waals surface area contributed by atoms with E-state index in [1.165, 1.54) is 11.1 Å². The van der Waals surface area contributed by atoms with E-state index in [2.05, 4.69) is 6.07 Å². The Kier molecular flexibility index (Phi) is 2.74. The average Bonchev–Trinajstić information content (AvgIpc) is 2.15. The second-order valence-electron chi connectivity index (χ2n) is 4.30. The Hall–Kier alpha value is -0.960. The van der Waals surface area contributed by atoms with Crippen LogP contribution < -0.4 is 0 Å². The molecule has 0 aliphatic carbocycles. The standard InChI is InChI=1S/C12H15F2N/c1-12(13,14)9-15-7-6-10-4-2-3-5-11(10)8-15/h2-5H,6-9H2,1H3. The molecule has 1 nitrogen and oxygen atoms in total. The van der Waals surface area contributed by atoms with Gasteiger partial charge in [0.25, 0.3) is 5.92 Å². The SMILES string of the molecule is CC(F)(F)CN1CCc2ccccc2C1. The fourth-order valence-corrected chi connectivity index (χ4v) is 2.08. The van der Waals surface area contributed by atoms with E-state index in [4.69, 9.17) is 0 Å². The van der Waals surface area contributed by atoms with Crippen molar-refractivity contribution in [2.45, 2.75) is 25.8 Å². The van der Waals surface area contributed by atoms with E-state index in [9.17, 15) is 8.78 Å². The van der Waals surface area contributed by atoms with Gasteiger partial charge in [0, 0.05) is 20.0 Å². The van der Waals surface area contributed by atoms with Crippen molar-refractivity contribution >= 4 is 0 Å². The lowest BCUT2D eigenvalue weighted by molar-refractivity contribution is -0.0178. The van der Waals surface area contributed by atoms with E-state index in [1.807, 2.05) is 23.1 Å². The lowest BCUT2D eigenvalue weighted by Gasteiger charge is -2.30. The zero-order valence-corrected chi connectivity index (χ0v) is 8.84. The summed E-state index contributed by atoms with van der Waals surface area (Å²) in [6.07, 6.45) is 0.881. The van der Waals surface area contributed by atoms with Gasteiger partial charge in [0.1, 0.15) is 0 Å². The number of fused-ring (bicyclic) bond motifs is 1. The van der Waals surface area contributed by atoms with E-state index in [0.717, 1.165) is 19.9 Å². The van der Waals surface area contributed by atoms with Crippen molar-refractivity contribution in [3.63, 3.8) is 0 Å². The molecule has 0 amide bonds. The maximum Gasteiger partial charge on any atom is 0.257 e. The summed E-state index contributed by atoms with van der Waals surface area (Å²) >= 11 is 0. The fourth-order valence-electron chi connectivity index (χ4n) is 2.08. The van der Waals surface area contributed by atoms with Crippen molar-refractivity contribution in [1.29, 1.82) is 0 Å². The Labute approximate surface area is 88.7 Å². The minimum Gasteiger partial charge on any atom is -0.293 e. The minimum atomic E-state index is -2.59. The Morgan fingerprint density at radius 3 is 2.60 bits per heavy atom. The highest BCUT2D eigenvalue weighted by atomic mass is 19.3. The van der Waals surface area contributed by atoms with Crippen molar-refractivity contribution in [3.05, 3.63) is 35.4 Å². The summed E-state index contributed by atoms with van der Waals surface area (Å²) in [6, 6.07) is 8.07. The van der Waals surface area contributed by atoms with Crippen LogP contribution >= 0.6 is 0 Å². The van der Waals surface area contributed by atoms with E-state index in [0.29, 0.717) is 6.54 Å². The highest BCUT2D eigenvalue weighted by molar-refractivity contribution is 5.29. The summed E-state index contributed by atoms with van der Waals surface area (Å²) in [7, 11) is 0. The summed E-state index contributed by atoms with van der Waals surface area (Å²) < 4.78 is 25.7. The number of alkyl halides is 2. The predicted octanol–water partition coefficient (Wildman–Crippen LogP) is 2.70. The van der Waals surface area contributed by atoms with Gasteiger partial charge < -0.3 is 0 Å². The van der Waals surface area contributed by atoms with Crippen LogP contribution in [0.5, 0.6) is 0 Å². The van der Waals surface area contributed by atoms with Crippen molar-refractivity contribution in [1.82, 2.24) is 4.90 Å². The molecule has 15 heavy (non-hydrogen) atoms. The number of hydrogen-bond donors (Lipinski definition) is 0. The Balaban J connectivity index is 2.06. The summed E-state index contributed by atoms with van der Waals surface area (Å²) in [5.41, 5.74) is 2.49.